The minimum Gasteiger partial charge on any atom is -0.480 e. The van der Waals surface area contributed by atoms with Crippen molar-refractivity contribution >= 4 is 23.6 Å². The highest BCUT2D eigenvalue weighted by Gasteiger charge is 2.20. The first kappa shape index (κ1) is 15.4. The number of rotatable bonds is 6. The molecule has 0 spiro atoms. The zero-order valence-corrected chi connectivity index (χ0v) is 11.0. The second-order valence-electron chi connectivity index (χ2n) is 3.77. The topological polar surface area (TPSA) is 66.4 Å². The molecular weight excluding hydrogens is 276 g/mol. The average molecular weight is 289 g/mol. The third-order valence-electron chi connectivity index (χ3n) is 2.40. The van der Waals surface area contributed by atoms with Gasteiger partial charge in [-0.2, -0.15) is 11.8 Å². The Bertz CT molecular complexity index is 482. The van der Waals surface area contributed by atoms with Gasteiger partial charge in [0.15, 0.2) is 11.6 Å². The van der Waals surface area contributed by atoms with Crippen LogP contribution < -0.4 is 5.32 Å². The molecule has 0 heterocycles. The maximum absolute atomic E-state index is 13.0. The number of carbonyl (C=O) groups is 2. The molecule has 0 unspecified atom stereocenters. The lowest BCUT2D eigenvalue weighted by Gasteiger charge is -2.13. The maximum atomic E-state index is 13.0. The van der Waals surface area contributed by atoms with E-state index in [1.807, 2.05) is 6.26 Å². The van der Waals surface area contributed by atoms with E-state index in [0.717, 1.165) is 18.2 Å². The number of hydrogen-bond donors (Lipinski definition) is 2. The molecule has 0 saturated heterocycles. The maximum Gasteiger partial charge on any atom is 0.326 e. The van der Waals surface area contributed by atoms with Crippen molar-refractivity contribution in [3.63, 3.8) is 0 Å². The van der Waals surface area contributed by atoms with Crippen LogP contribution in [0, 0.1) is 11.6 Å². The summed E-state index contributed by atoms with van der Waals surface area (Å²) in [6.45, 7) is 0. The molecule has 0 radical (unpaired) electrons. The van der Waals surface area contributed by atoms with Gasteiger partial charge in [0.2, 0.25) is 0 Å². The monoisotopic (exact) mass is 289 g/mol. The third-order valence-corrected chi connectivity index (χ3v) is 3.04. The molecule has 2 N–H and O–H groups in total. The molecule has 0 aliphatic heterocycles. The minimum atomic E-state index is -1.16. The number of hydrogen-bond acceptors (Lipinski definition) is 3. The van der Waals surface area contributed by atoms with E-state index in [1.54, 1.807) is 0 Å². The van der Waals surface area contributed by atoms with Crippen molar-refractivity contribution < 1.29 is 23.5 Å². The molecule has 1 amide bonds. The Kier molecular flexibility index (Phi) is 5.75. The zero-order valence-electron chi connectivity index (χ0n) is 10.2. The number of thioether (sulfide) groups is 1. The van der Waals surface area contributed by atoms with Gasteiger partial charge in [0.1, 0.15) is 6.04 Å². The number of aliphatic carboxylic acids is 1. The van der Waals surface area contributed by atoms with Gasteiger partial charge in [-0.15, -0.1) is 0 Å². The van der Waals surface area contributed by atoms with Crippen LogP contribution in [0.4, 0.5) is 8.78 Å². The van der Waals surface area contributed by atoms with E-state index in [0.29, 0.717) is 5.75 Å². The molecule has 1 aromatic carbocycles. The Morgan fingerprint density at radius 2 is 2.05 bits per heavy atom. The molecule has 0 saturated carbocycles. The first-order chi connectivity index (χ1) is 8.95. The van der Waals surface area contributed by atoms with Gasteiger partial charge in [-0.25, -0.2) is 13.6 Å². The van der Waals surface area contributed by atoms with Gasteiger partial charge in [0.25, 0.3) is 5.91 Å². The Balaban J connectivity index is 2.75. The van der Waals surface area contributed by atoms with Crippen LogP contribution in [-0.4, -0.2) is 35.0 Å². The van der Waals surface area contributed by atoms with Gasteiger partial charge in [0.05, 0.1) is 0 Å². The summed E-state index contributed by atoms with van der Waals surface area (Å²) in [4.78, 5) is 22.7. The first-order valence-electron chi connectivity index (χ1n) is 5.43. The average Bonchev–Trinajstić information content (AvgIpc) is 2.37. The van der Waals surface area contributed by atoms with E-state index in [-0.39, 0.29) is 12.0 Å². The Hall–Kier alpha value is -1.63. The standard InChI is InChI=1S/C12H13F2NO3S/c1-19-5-4-10(12(17)18)15-11(16)7-2-3-8(13)9(14)6-7/h2-3,6,10H,4-5H2,1H3,(H,15,16)(H,17,18)/t10-/m0/s1. The van der Waals surface area contributed by atoms with Crippen molar-refractivity contribution in [2.24, 2.45) is 0 Å². The van der Waals surface area contributed by atoms with Gasteiger partial charge in [-0.05, 0) is 36.6 Å². The molecule has 1 aromatic rings. The summed E-state index contributed by atoms with van der Waals surface area (Å²) in [7, 11) is 0. The highest BCUT2D eigenvalue weighted by Crippen LogP contribution is 2.09. The van der Waals surface area contributed by atoms with Crippen LogP contribution in [-0.2, 0) is 4.79 Å². The molecule has 4 nitrogen and oxygen atoms in total. The lowest BCUT2D eigenvalue weighted by Crippen LogP contribution is -2.41. The Morgan fingerprint density at radius 1 is 1.37 bits per heavy atom. The number of amides is 1. The van der Waals surface area contributed by atoms with Crippen LogP contribution in [0.15, 0.2) is 18.2 Å². The second-order valence-corrected chi connectivity index (χ2v) is 4.76. The molecular formula is C12H13F2NO3S. The lowest BCUT2D eigenvalue weighted by atomic mass is 10.1. The molecule has 0 fully saturated rings. The van der Waals surface area contributed by atoms with Gasteiger partial charge in [-0.1, -0.05) is 0 Å². The molecule has 1 rings (SSSR count). The second kappa shape index (κ2) is 7.08. The van der Waals surface area contributed by atoms with E-state index >= 15 is 0 Å². The van der Waals surface area contributed by atoms with Gasteiger partial charge < -0.3 is 10.4 Å². The number of carboxylic acids is 1. The third kappa shape index (κ3) is 4.51. The van der Waals surface area contributed by atoms with Gasteiger partial charge >= 0.3 is 5.97 Å². The zero-order chi connectivity index (χ0) is 14.4. The molecule has 1 atom stereocenters. The van der Waals surface area contributed by atoms with Crippen molar-refractivity contribution in [3.8, 4) is 0 Å². The fourth-order valence-corrected chi connectivity index (χ4v) is 1.84. The van der Waals surface area contributed by atoms with Crippen LogP contribution in [0.5, 0.6) is 0 Å². The molecule has 7 heteroatoms. The summed E-state index contributed by atoms with van der Waals surface area (Å²) < 4.78 is 25.7. The number of carboxylic acid groups (broad SMARTS) is 1. The largest absolute Gasteiger partial charge is 0.480 e. The smallest absolute Gasteiger partial charge is 0.326 e. The van der Waals surface area contributed by atoms with Crippen LogP contribution in [0.25, 0.3) is 0 Å². The summed E-state index contributed by atoms with van der Waals surface area (Å²) in [5.74, 6) is -3.55. The summed E-state index contributed by atoms with van der Waals surface area (Å²) in [6, 6.07) is 1.61. The Labute approximate surface area is 113 Å². The van der Waals surface area contributed by atoms with Gasteiger partial charge in [0, 0.05) is 5.56 Å². The SMILES string of the molecule is CSCC[C@H](NC(=O)c1ccc(F)c(F)c1)C(=O)O. The van der Waals surface area contributed by atoms with Crippen molar-refractivity contribution in [1.82, 2.24) is 5.32 Å². The quantitative estimate of drug-likeness (QED) is 0.839. The number of nitrogens with one attached hydrogen (secondary N) is 1. The number of halogens is 2. The first-order valence-corrected chi connectivity index (χ1v) is 6.82. The van der Waals surface area contributed by atoms with E-state index in [2.05, 4.69) is 5.32 Å². The Morgan fingerprint density at radius 3 is 2.58 bits per heavy atom. The van der Waals surface area contributed by atoms with E-state index < -0.39 is 29.6 Å². The summed E-state index contributed by atoms with van der Waals surface area (Å²) in [6.07, 6.45) is 2.07. The number of benzene rings is 1. The van der Waals surface area contributed by atoms with Crippen LogP contribution in [0.2, 0.25) is 0 Å². The normalized spacial score (nSPS) is 11.9. The summed E-state index contributed by atoms with van der Waals surface area (Å²) >= 11 is 1.45. The van der Waals surface area contributed by atoms with E-state index in [1.165, 1.54) is 11.8 Å². The number of carbonyl (C=O) groups excluding carboxylic acids is 1. The summed E-state index contributed by atoms with van der Waals surface area (Å²) in [5, 5.41) is 11.2. The van der Waals surface area contributed by atoms with Crippen molar-refractivity contribution in [2.75, 3.05) is 12.0 Å². The molecule has 19 heavy (non-hydrogen) atoms. The van der Waals surface area contributed by atoms with E-state index in [9.17, 15) is 18.4 Å². The molecule has 0 bridgehead atoms. The predicted octanol–water partition coefficient (Wildman–Crippen LogP) is 1.90. The van der Waals surface area contributed by atoms with Crippen LogP contribution in [0.1, 0.15) is 16.8 Å². The highest BCUT2D eigenvalue weighted by molar-refractivity contribution is 7.98. The molecule has 0 aliphatic rings. The van der Waals surface area contributed by atoms with Crippen LogP contribution in [0.3, 0.4) is 0 Å². The van der Waals surface area contributed by atoms with Gasteiger partial charge in [-0.3, -0.25) is 4.79 Å². The van der Waals surface area contributed by atoms with Crippen LogP contribution >= 0.6 is 11.8 Å². The fraction of sp³-hybridized carbons (Fsp3) is 0.333. The van der Waals surface area contributed by atoms with Crippen molar-refractivity contribution in [3.05, 3.63) is 35.4 Å². The lowest BCUT2D eigenvalue weighted by molar-refractivity contribution is -0.139. The molecule has 0 aromatic heterocycles. The van der Waals surface area contributed by atoms with Crippen molar-refractivity contribution in [1.29, 1.82) is 0 Å². The minimum absolute atomic E-state index is 0.116. The van der Waals surface area contributed by atoms with E-state index in [4.69, 9.17) is 5.11 Å². The highest BCUT2D eigenvalue weighted by atomic mass is 32.2. The van der Waals surface area contributed by atoms with Crippen molar-refractivity contribution in [2.45, 2.75) is 12.5 Å². The fourth-order valence-electron chi connectivity index (χ4n) is 1.37. The molecule has 104 valence electrons. The molecule has 0 aliphatic carbocycles. The summed E-state index contributed by atoms with van der Waals surface area (Å²) in [5.41, 5.74) is -0.116. The predicted molar refractivity (Wildman–Crippen MR) is 68.2 cm³/mol.